The monoisotopic (exact) mass is 383 g/mol. The molecule has 0 amide bonds. The highest BCUT2D eigenvalue weighted by Gasteiger charge is 2.24. The molecule has 0 spiro atoms. The average Bonchev–Trinajstić information content (AvgIpc) is 3.11. The van der Waals surface area contributed by atoms with Gasteiger partial charge in [-0.2, -0.15) is 5.10 Å². The predicted octanol–water partition coefficient (Wildman–Crippen LogP) is 2.32. The molecule has 4 rings (SSSR count). The fourth-order valence-electron chi connectivity index (χ4n) is 3.06. The van der Waals surface area contributed by atoms with Crippen molar-refractivity contribution >= 4 is 17.5 Å². The van der Waals surface area contributed by atoms with E-state index in [1.54, 1.807) is 35.5 Å². The van der Waals surface area contributed by atoms with Gasteiger partial charge < -0.3 is 10.0 Å². The Morgan fingerprint density at radius 1 is 1.11 bits per heavy atom. The number of benzene rings is 1. The minimum Gasteiger partial charge on any atom is -0.374 e. The number of halogens is 1. The zero-order chi connectivity index (χ0) is 18.8. The van der Waals surface area contributed by atoms with Crippen molar-refractivity contribution in [3.8, 4) is 11.3 Å². The minimum atomic E-state index is -0.532. The number of aliphatic hydroxyl groups is 1. The highest BCUT2D eigenvalue weighted by Crippen LogP contribution is 2.22. The van der Waals surface area contributed by atoms with Crippen molar-refractivity contribution in [1.29, 1.82) is 0 Å². The van der Waals surface area contributed by atoms with Crippen molar-refractivity contribution in [2.75, 3.05) is 11.4 Å². The number of nitrogens with zero attached hydrogens (tertiary/aromatic N) is 5. The first-order chi connectivity index (χ1) is 13.1. The van der Waals surface area contributed by atoms with E-state index in [2.05, 4.69) is 15.1 Å². The van der Waals surface area contributed by atoms with Crippen molar-refractivity contribution in [2.45, 2.75) is 25.6 Å². The van der Waals surface area contributed by atoms with Crippen molar-refractivity contribution in [2.24, 2.45) is 0 Å². The molecule has 3 aromatic rings. The largest absolute Gasteiger partial charge is 0.374 e. The summed E-state index contributed by atoms with van der Waals surface area (Å²) in [6.07, 6.45) is 4.43. The second-order valence-corrected chi connectivity index (χ2v) is 6.87. The van der Waals surface area contributed by atoms with E-state index in [0.717, 1.165) is 24.9 Å². The van der Waals surface area contributed by atoms with Gasteiger partial charge in [0.05, 0.1) is 12.2 Å². The van der Waals surface area contributed by atoms with Crippen molar-refractivity contribution in [3.63, 3.8) is 0 Å². The quantitative estimate of drug-likeness (QED) is 0.744. The fourth-order valence-corrected chi connectivity index (χ4v) is 3.19. The first kappa shape index (κ1) is 17.6. The first-order valence-corrected chi connectivity index (χ1v) is 9.08. The summed E-state index contributed by atoms with van der Waals surface area (Å²) < 4.78 is 1.40. The van der Waals surface area contributed by atoms with E-state index >= 15 is 0 Å². The van der Waals surface area contributed by atoms with E-state index < -0.39 is 6.23 Å². The summed E-state index contributed by atoms with van der Waals surface area (Å²) in [5.74, 6) is 0.498. The molecule has 1 saturated heterocycles. The first-order valence-electron chi connectivity index (χ1n) is 8.70. The Morgan fingerprint density at radius 2 is 1.85 bits per heavy atom. The number of hydrogen-bond acceptors (Lipinski definition) is 6. The lowest BCUT2D eigenvalue weighted by Crippen LogP contribution is -2.30. The van der Waals surface area contributed by atoms with E-state index in [9.17, 15) is 9.90 Å². The smallest absolute Gasteiger partial charge is 0.267 e. The van der Waals surface area contributed by atoms with Gasteiger partial charge in [-0.1, -0.05) is 23.7 Å². The zero-order valence-corrected chi connectivity index (χ0v) is 15.3. The molecule has 1 aliphatic rings. The van der Waals surface area contributed by atoms with Crippen LogP contribution < -0.4 is 10.5 Å². The highest BCUT2D eigenvalue weighted by atomic mass is 35.5. The van der Waals surface area contributed by atoms with Crippen LogP contribution in [0, 0.1) is 0 Å². The average molecular weight is 384 g/mol. The molecule has 0 aliphatic carbocycles. The van der Waals surface area contributed by atoms with Crippen LogP contribution in [0.4, 0.5) is 5.95 Å². The molecule has 0 bridgehead atoms. The maximum atomic E-state index is 12.1. The molecular weight excluding hydrogens is 366 g/mol. The molecule has 3 heterocycles. The van der Waals surface area contributed by atoms with Gasteiger partial charge in [-0.15, -0.1) is 0 Å². The molecule has 1 atom stereocenters. The normalized spacial score (nSPS) is 16.7. The van der Waals surface area contributed by atoms with Gasteiger partial charge in [-0.3, -0.25) is 4.79 Å². The number of aromatic nitrogens is 4. The van der Waals surface area contributed by atoms with Gasteiger partial charge in [-0.25, -0.2) is 14.6 Å². The van der Waals surface area contributed by atoms with Crippen LogP contribution in [0.25, 0.3) is 11.3 Å². The Hall–Kier alpha value is -2.77. The lowest BCUT2D eigenvalue weighted by molar-refractivity contribution is 0.184. The highest BCUT2D eigenvalue weighted by molar-refractivity contribution is 6.30. The van der Waals surface area contributed by atoms with Crippen LogP contribution in [0.2, 0.25) is 5.02 Å². The van der Waals surface area contributed by atoms with Crippen molar-refractivity contribution in [3.05, 3.63) is 69.7 Å². The zero-order valence-electron chi connectivity index (χ0n) is 14.5. The van der Waals surface area contributed by atoms with Gasteiger partial charge in [0.15, 0.2) is 0 Å². The molecule has 0 saturated carbocycles. The molecule has 2 aromatic heterocycles. The van der Waals surface area contributed by atoms with E-state index in [1.165, 1.54) is 10.7 Å². The lowest BCUT2D eigenvalue weighted by atomic mass is 10.2. The molecule has 1 N–H and O–H groups in total. The topological polar surface area (TPSA) is 84.1 Å². The van der Waals surface area contributed by atoms with Crippen molar-refractivity contribution in [1.82, 2.24) is 19.7 Å². The van der Waals surface area contributed by atoms with Gasteiger partial charge in [0.2, 0.25) is 5.95 Å². The maximum absolute atomic E-state index is 12.1. The fraction of sp³-hybridized carbons (Fsp3) is 0.263. The Labute approximate surface area is 160 Å². The summed E-state index contributed by atoms with van der Waals surface area (Å²) in [7, 11) is 0. The number of anilines is 1. The Balaban J connectivity index is 1.58. The SMILES string of the molecule is O=c1ccc(-c2cnc(N3CCCC3O)nc2)nn1Cc1ccc(Cl)cc1. The Kier molecular flexibility index (Phi) is 4.87. The summed E-state index contributed by atoms with van der Waals surface area (Å²) in [5, 5.41) is 15.0. The van der Waals surface area contributed by atoms with Crippen LogP contribution >= 0.6 is 11.6 Å². The lowest BCUT2D eigenvalue weighted by Gasteiger charge is -2.19. The number of rotatable bonds is 4. The summed E-state index contributed by atoms with van der Waals surface area (Å²) >= 11 is 5.90. The second kappa shape index (κ2) is 7.46. The van der Waals surface area contributed by atoms with E-state index in [1.807, 2.05) is 12.1 Å². The van der Waals surface area contributed by atoms with Crippen LogP contribution in [0.5, 0.6) is 0 Å². The second-order valence-electron chi connectivity index (χ2n) is 6.43. The standard InChI is InChI=1S/C19H18ClN5O2/c20-15-5-3-13(4-6-15)12-25-18(27)8-7-16(23-25)14-10-21-19(22-11-14)24-9-1-2-17(24)26/h3-8,10-11,17,26H,1-2,9,12H2. The molecule has 1 fully saturated rings. The molecule has 0 radical (unpaired) electrons. The van der Waals surface area contributed by atoms with Crippen LogP contribution in [0.3, 0.4) is 0 Å². The molecule has 27 heavy (non-hydrogen) atoms. The molecule has 7 nitrogen and oxygen atoms in total. The third-order valence-corrected chi connectivity index (χ3v) is 4.78. The molecule has 8 heteroatoms. The summed E-state index contributed by atoms with van der Waals surface area (Å²) in [6.45, 7) is 1.09. The summed E-state index contributed by atoms with van der Waals surface area (Å²) in [6, 6.07) is 10.4. The number of hydrogen-bond donors (Lipinski definition) is 1. The maximum Gasteiger partial charge on any atom is 0.267 e. The van der Waals surface area contributed by atoms with Gasteiger partial charge in [-0.05, 0) is 36.6 Å². The summed E-state index contributed by atoms with van der Waals surface area (Å²) in [4.78, 5) is 22.6. The minimum absolute atomic E-state index is 0.188. The van der Waals surface area contributed by atoms with Crippen molar-refractivity contribution < 1.29 is 5.11 Å². The van der Waals surface area contributed by atoms with Gasteiger partial charge in [0.25, 0.3) is 5.56 Å². The van der Waals surface area contributed by atoms with E-state index in [0.29, 0.717) is 28.8 Å². The molecule has 1 aromatic carbocycles. The van der Waals surface area contributed by atoms with Gasteiger partial charge in [0, 0.05) is 35.6 Å². The van der Waals surface area contributed by atoms with E-state index in [4.69, 9.17) is 11.6 Å². The summed E-state index contributed by atoms with van der Waals surface area (Å²) in [5.41, 5.74) is 2.06. The van der Waals surface area contributed by atoms with E-state index in [-0.39, 0.29) is 5.56 Å². The number of aliphatic hydroxyl groups excluding tert-OH is 1. The Morgan fingerprint density at radius 3 is 2.52 bits per heavy atom. The molecular formula is C19H18ClN5O2. The van der Waals surface area contributed by atoms with Crippen LogP contribution in [-0.4, -0.2) is 37.6 Å². The van der Waals surface area contributed by atoms with Gasteiger partial charge >= 0.3 is 0 Å². The predicted molar refractivity (Wildman–Crippen MR) is 103 cm³/mol. The molecule has 138 valence electrons. The van der Waals surface area contributed by atoms with Crippen LogP contribution in [0.15, 0.2) is 53.6 Å². The third kappa shape index (κ3) is 3.84. The van der Waals surface area contributed by atoms with Crippen LogP contribution in [0.1, 0.15) is 18.4 Å². The molecule has 1 aliphatic heterocycles. The Bertz CT molecular complexity index is 988. The van der Waals surface area contributed by atoms with Gasteiger partial charge in [0.1, 0.15) is 6.23 Å². The molecule has 1 unspecified atom stereocenters. The third-order valence-electron chi connectivity index (χ3n) is 4.52. The van der Waals surface area contributed by atoms with Crippen LogP contribution in [-0.2, 0) is 6.54 Å².